The molecule has 32 heavy (non-hydrogen) atoms. The Morgan fingerprint density at radius 2 is 0.938 bits per heavy atom. The molecular formula is C28H54O4. The normalized spacial score (nSPS) is 11.1. The first kappa shape index (κ1) is 30.9. The van der Waals surface area contributed by atoms with E-state index in [2.05, 4.69) is 20.8 Å². The highest BCUT2D eigenvalue weighted by Gasteiger charge is 2.09. The molecule has 0 aromatic carbocycles. The first-order valence-corrected chi connectivity index (χ1v) is 13.9. The van der Waals surface area contributed by atoms with E-state index in [1.54, 1.807) is 0 Å². The minimum atomic E-state index is -0.109. The van der Waals surface area contributed by atoms with Gasteiger partial charge in [0.05, 0.1) is 13.2 Å². The zero-order valence-corrected chi connectivity index (χ0v) is 21.8. The molecule has 190 valence electrons. The van der Waals surface area contributed by atoms with E-state index in [1.807, 2.05) is 0 Å². The van der Waals surface area contributed by atoms with Crippen LogP contribution in [0.5, 0.6) is 0 Å². The van der Waals surface area contributed by atoms with Crippen LogP contribution in [0.2, 0.25) is 0 Å². The van der Waals surface area contributed by atoms with Gasteiger partial charge in [-0.25, -0.2) is 0 Å². The number of hydrogen-bond acceptors (Lipinski definition) is 4. The van der Waals surface area contributed by atoms with E-state index in [-0.39, 0.29) is 11.9 Å². The van der Waals surface area contributed by atoms with Gasteiger partial charge in [-0.15, -0.1) is 0 Å². The molecule has 0 aliphatic carbocycles. The maximum atomic E-state index is 11.8. The summed E-state index contributed by atoms with van der Waals surface area (Å²) in [6.45, 7) is 7.61. The van der Waals surface area contributed by atoms with Crippen molar-refractivity contribution in [3.05, 3.63) is 0 Å². The average molecular weight is 455 g/mol. The minimum absolute atomic E-state index is 0.0970. The predicted octanol–water partition coefficient (Wildman–Crippen LogP) is 8.55. The van der Waals surface area contributed by atoms with Crippen LogP contribution in [-0.4, -0.2) is 25.2 Å². The molecule has 0 bridgehead atoms. The van der Waals surface area contributed by atoms with Crippen molar-refractivity contribution < 1.29 is 19.1 Å². The van der Waals surface area contributed by atoms with Gasteiger partial charge in [0.25, 0.3) is 0 Å². The van der Waals surface area contributed by atoms with Crippen molar-refractivity contribution in [3.8, 4) is 0 Å². The molecule has 0 radical (unpaired) electrons. The Morgan fingerprint density at radius 1 is 0.531 bits per heavy atom. The molecule has 0 saturated heterocycles. The Kier molecular flexibility index (Phi) is 23.8. The van der Waals surface area contributed by atoms with Crippen molar-refractivity contribution in [2.45, 2.75) is 149 Å². The third-order valence-electron chi connectivity index (χ3n) is 6.41. The molecule has 0 unspecified atom stereocenters. The van der Waals surface area contributed by atoms with Gasteiger partial charge in [-0.2, -0.15) is 0 Å². The molecule has 0 saturated carbocycles. The van der Waals surface area contributed by atoms with E-state index in [0.717, 1.165) is 44.9 Å². The fourth-order valence-electron chi connectivity index (χ4n) is 3.90. The van der Waals surface area contributed by atoms with Crippen molar-refractivity contribution in [2.75, 3.05) is 13.2 Å². The summed E-state index contributed by atoms with van der Waals surface area (Å²) >= 11 is 0. The third-order valence-corrected chi connectivity index (χ3v) is 6.41. The maximum Gasteiger partial charge on any atom is 0.305 e. The SMILES string of the molecule is CCCCCCCCCCCCCCCOC(=O)CCCCCC(=O)OCC(CC)CC. The van der Waals surface area contributed by atoms with E-state index < -0.39 is 0 Å². The maximum absolute atomic E-state index is 11.8. The Bertz CT molecular complexity index is 418. The summed E-state index contributed by atoms with van der Waals surface area (Å²) in [4.78, 5) is 23.5. The van der Waals surface area contributed by atoms with Gasteiger partial charge in [0, 0.05) is 12.8 Å². The molecular weight excluding hydrogens is 400 g/mol. The van der Waals surface area contributed by atoms with Crippen LogP contribution in [0.1, 0.15) is 149 Å². The van der Waals surface area contributed by atoms with Crippen molar-refractivity contribution in [2.24, 2.45) is 5.92 Å². The predicted molar refractivity (Wildman–Crippen MR) is 135 cm³/mol. The summed E-state index contributed by atoms with van der Waals surface area (Å²) in [6.07, 6.45) is 22.6. The Morgan fingerprint density at radius 3 is 1.41 bits per heavy atom. The molecule has 0 aliphatic rings. The molecule has 0 aromatic heterocycles. The van der Waals surface area contributed by atoms with E-state index in [0.29, 0.717) is 32.0 Å². The van der Waals surface area contributed by atoms with Crippen LogP contribution in [0.3, 0.4) is 0 Å². The van der Waals surface area contributed by atoms with E-state index in [9.17, 15) is 9.59 Å². The van der Waals surface area contributed by atoms with Gasteiger partial charge >= 0.3 is 11.9 Å². The number of hydrogen-bond donors (Lipinski definition) is 0. The van der Waals surface area contributed by atoms with Crippen LogP contribution in [0, 0.1) is 5.92 Å². The van der Waals surface area contributed by atoms with Crippen molar-refractivity contribution in [3.63, 3.8) is 0 Å². The quantitative estimate of drug-likeness (QED) is 0.108. The molecule has 0 heterocycles. The summed E-state index contributed by atoms with van der Waals surface area (Å²) in [5.41, 5.74) is 0. The van der Waals surface area contributed by atoms with E-state index in [1.165, 1.54) is 70.6 Å². The number of carbonyl (C=O) groups excluding carboxylic acids is 2. The van der Waals surface area contributed by atoms with Crippen LogP contribution in [-0.2, 0) is 19.1 Å². The van der Waals surface area contributed by atoms with Crippen molar-refractivity contribution in [1.82, 2.24) is 0 Å². The van der Waals surface area contributed by atoms with Gasteiger partial charge in [-0.05, 0) is 25.2 Å². The van der Waals surface area contributed by atoms with Crippen molar-refractivity contribution in [1.29, 1.82) is 0 Å². The molecule has 4 nitrogen and oxygen atoms in total. The minimum Gasteiger partial charge on any atom is -0.466 e. The standard InChI is InChI=1S/C28H54O4/c1-4-7-8-9-10-11-12-13-14-15-16-17-21-24-31-27(29)22-19-18-20-23-28(30)32-25-26(5-2)6-3/h26H,4-25H2,1-3H3. The molecule has 0 atom stereocenters. The molecule has 0 fully saturated rings. The number of esters is 2. The van der Waals surface area contributed by atoms with Crippen molar-refractivity contribution >= 4 is 11.9 Å². The lowest BCUT2D eigenvalue weighted by Crippen LogP contribution is -2.13. The molecule has 0 N–H and O–H groups in total. The summed E-state index contributed by atoms with van der Waals surface area (Å²) in [5.74, 6) is 0.269. The second kappa shape index (κ2) is 24.6. The molecule has 0 aromatic rings. The highest BCUT2D eigenvalue weighted by Crippen LogP contribution is 2.13. The van der Waals surface area contributed by atoms with E-state index in [4.69, 9.17) is 9.47 Å². The Labute approximate surface area is 199 Å². The van der Waals surface area contributed by atoms with Gasteiger partial charge in [0.1, 0.15) is 0 Å². The fourth-order valence-corrected chi connectivity index (χ4v) is 3.90. The third kappa shape index (κ3) is 22.1. The average Bonchev–Trinajstić information content (AvgIpc) is 2.79. The number of ether oxygens (including phenoxy) is 2. The van der Waals surface area contributed by atoms with Crippen LogP contribution in [0.15, 0.2) is 0 Å². The van der Waals surface area contributed by atoms with Gasteiger partial charge < -0.3 is 9.47 Å². The molecule has 0 spiro atoms. The van der Waals surface area contributed by atoms with Gasteiger partial charge in [0.15, 0.2) is 0 Å². The lowest BCUT2D eigenvalue weighted by Gasteiger charge is -2.12. The monoisotopic (exact) mass is 454 g/mol. The highest BCUT2D eigenvalue weighted by molar-refractivity contribution is 5.69. The molecule has 0 aliphatic heterocycles. The van der Waals surface area contributed by atoms with E-state index >= 15 is 0 Å². The molecule has 0 rings (SSSR count). The molecule has 0 amide bonds. The van der Waals surface area contributed by atoms with Crippen LogP contribution >= 0.6 is 0 Å². The summed E-state index contributed by atoms with van der Waals surface area (Å²) in [5, 5.41) is 0. The van der Waals surface area contributed by atoms with Crippen LogP contribution < -0.4 is 0 Å². The summed E-state index contributed by atoms with van der Waals surface area (Å²) < 4.78 is 10.6. The lowest BCUT2D eigenvalue weighted by atomic mass is 10.0. The lowest BCUT2D eigenvalue weighted by molar-refractivity contribution is -0.145. The zero-order chi connectivity index (χ0) is 23.7. The molecule has 4 heteroatoms. The largest absolute Gasteiger partial charge is 0.466 e. The summed E-state index contributed by atoms with van der Waals surface area (Å²) in [6, 6.07) is 0. The first-order chi connectivity index (χ1) is 15.6. The summed E-state index contributed by atoms with van der Waals surface area (Å²) in [7, 11) is 0. The number of unbranched alkanes of at least 4 members (excludes halogenated alkanes) is 14. The second-order valence-corrected chi connectivity index (χ2v) is 9.39. The van der Waals surface area contributed by atoms with Crippen LogP contribution in [0.4, 0.5) is 0 Å². The first-order valence-electron chi connectivity index (χ1n) is 13.9. The Balaban J connectivity index is 3.31. The highest BCUT2D eigenvalue weighted by atomic mass is 16.5. The van der Waals surface area contributed by atoms with Gasteiger partial charge in [-0.1, -0.05) is 117 Å². The Hall–Kier alpha value is -1.06. The topological polar surface area (TPSA) is 52.6 Å². The fraction of sp³-hybridized carbons (Fsp3) is 0.929. The number of carbonyl (C=O) groups is 2. The second-order valence-electron chi connectivity index (χ2n) is 9.39. The van der Waals surface area contributed by atoms with Gasteiger partial charge in [-0.3, -0.25) is 9.59 Å². The van der Waals surface area contributed by atoms with Crippen LogP contribution in [0.25, 0.3) is 0 Å². The van der Waals surface area contributed by atoms with Gasteiger partial charge in [0.2, 0.25) is 0 Å². The smallest absolute Gasteiger partial charge is 0.305 e. The number of rotatable bonds is 24. The zero-order valence-electron chi connectivity index (χ0n) is 21.8.